The van der Waals surface area contributed by atoms with Gasteiger partial charge in [-0.15, -0.1) is 0 Å². The van der Waals surface area contributed by atoms with Crippen LogP contribution in [0.5, 0.6) is 0 Å². The molecule has 2 rings (SSSR count). The van der Waals surface area contributed by atoms with E-state index in [0.717, 1.165) is 6.07 Å². The van der Waals surface area contributed by atoms with Gasteiger partial charge in [-0.05, 0) is 18.2 Å². The largest absolute Gasteiger partial charge is 0.451 e. The summed E-state index contributed by atoms with van der Waals surface area (Å²) in [5, 5.41) is 2.96. The molecule has 0 aliphatic heterocycles. The Bertz CT molecular complexity index is 626. The lowest BCUT2D eigenvalue weighted by Gasteiger charge is -2.10. The van der Waals surface area contributed by atoms with E-state index in [1.165, 1.54) is 18.2 Å². The van der Waals surface area contributed by atoms with Gasteiger partial charge in [0.05, 0.1) is 0 Å². The SMILES string of the molecule is FC(F)(F)c1nc(Cl)cc(Nc2cc(Cl)cc(Cl)c2)n1. The molecule has 0 saturated carbocycles. The fourth-order valence-corrected chi connectivity index (χ4v) is 2.09. The third-order valence-electron chi connectivity index (χ3n) is 2.08. The van der Waals surface area contributed by atoms with E-state index in [2.05, 4.69) is 15.3 Å². The second-order valence-electron chi connectivity index (χ2n) is 3.68. The smallest absolute Gasteiger partial charge is 0.340 e. The number of rotatable bonds is 2. The van der Waals surface area contributed by atoms with Crippen LogP contribution in [-0.2, 0) is 6.18 Å². The Hall–Kier alpha value is -1.24. The van der Waals surface area contributed by atoms with E-state index in [-0.39, 0.29) is 11.0 Å². The molecule has 1 aromatic carbocycles. The molecule has 0 saturated heterocycles. The first kappa shape index (κ1) is 15.2. The van der Waals surface area contributed by atoms with Crippen molar-refractivity contribution in [1.29, 1.82) is 0 Å². The first-order chi connectivity index (χ1) is 9.24. The number of aromatic nitrogens is 2. The Morgan fingerprint density at radius 3 is 2.05 bits per heavy atom. The molecule has 3 nitrogen and oxygen atoms in total. The van der Waals surface area contributed by atoms with E-state index >= 15 is 0 Å². The highest BCUT2D eigenvalue weighted by molar-refractivity contribution is 6.35. The molecule has 0 radical (unpaired) electrons. The lowest BCUT2D eigenvalue weighted by atomic mass is 10.3. The van der Waals surface area contributed by atoms with Crippen molar-refractivity contribution in [2.75, 3.05) is 5.32 Å². The van der Waals surface area contributed by atoms with Gasteiger partial charge in [-0.3, -0.25) is 0 Å². The van der Waals surface area contributed by atoms with Crippen LogP contribution in [0.4, 0.5) is 24.7 Å². The summed E-state index contributed by atoms with van der Waals surface area (Å²) in [7, 11) is 0. The maximum Gasteiger partial charge on any atom is 0.451 e. The zero-order valence-corrected chi connectivity index (χ0v) is 11.7. The molecular weight excluding hydrogens is 337 g/mol. The summed E-state index contributed by atoms with van der Waals surface area (Å²) < 4.78 is 37.7. The molecule has 0 unspecified atom stereocenters. The average Bonchev–Trinajstić information content (AvgIpc) is 2.25. The molecule has 1 heterocycles. The molecule has 0 atom stereocenters. The molecule has 0 aliphatic carbocycles. The zero-order chi connectivity index (χ0) is 14.9. The van der Waals surface area contributed by atoms with Crippen LogP contribution >= 0.6 is 34.8 Å². The minimum absolute atomic E-state index is 0.115. The number of anilines is 2. The maximum absolute atomic E-state index is 12.6. The molecule has 9 heteroatoms. The van der Waals surface area contributed by atoms with E-state index in [4.69, 9.17) is 34.8 Å². The molecule has 2 aromatic rings. The van der Waals surface area contributed by atoms with Gasteiger partial charge >= 0.3 is 6.18 Å². The minimum Gasteiger partial charge on any atom is -0.340 e. The number of hydrogen-bond acceptors (Lipinski definition) is 3. The highest BCUT2D eigenvalue weighted by atomic mass is 35.5. The summed E-state index contributed by atoms with van der Waals surface area (Å²) in [5.41, 5.74) is 0.380. The van der Waals surface area contributed by atoms with Crippen LogP contribution in [0.1, 0.15) is 5.82 Å². The van der Waals surface area contributed by atoms with E-state index in [9.17, 15) is 13.2 Å². The lowest BCUT2D eigenvalue weighted by Crippen LogP contribution is -2.12. The van der Waals surface area contributed by atoms with Gasteiger partial charge in [0, 0.05) is 21.8 Å². The molecular formula is C11H5Cl3F3N3. The second kappa shape index (κ2) is 5.63. The van der Waals surface area contributed by atoms with Gasteiger partial charge in [-0.1, -0.05) is 34.8 Å². The minimum atomic E-state index is -4.69. The van der Waals surface area contributed by atoms with E-state index in [0.29, 0.717) is 15.7 Å². The molecule has 20 heavy (non-hydrogen) atoms. The van der Waals surface area contributed by atoms with E-state index < -0.39 is 12.0 Å². The van der Waals surface area contributed by atoms with Crippen LogP contribution in [-0.4, -0.2) is 9.97 Å². The number of hydrogen-bond donors (Lipinski definition) is 1. The van der Waals surface area contributed by atoms with Crippen molar-refractivity contribution in [3.8, 4) is 0 Å². The van der Waals surface area contributed by atoms with Crippen LogP contribution in [0, 0.1) is 0 Å². The van der Waals surface area contributed by atoms with Crippen molar-refractivity contribution in [2.24, 2.45) is 0 Å². The molecule has 0 bridgehead atoms. The molecule has 106 valence electrons. The number of nitrogens with zero attached hydrogens (tertiary/aromatic N) is 2. The lowest BCUT2D eigenvalue weighted by molar-refractivity contribution is -0.144. The Morgan fingerprint density at radius 1 is 0.900 bits per heavy atom. The molecule has 0 amide bonds. The Morgan fingerprint density at radius 2 is 1.50 bits per heavy atom. The van der Waals surface area contributed by atoms with Crippen LogP contribution < -0.4 is 5.32 Å². The zero-order valence-electron chi connectivity index (χ0n) is 9.47. The van der Waals surface area contributed by atoms with Gasteiger partial charge in [0.2, 0.25) is 5.82 Å². The van der Waals surface area contributed by atoms with Gasteiger partial charge in [0.1, 0.15) is 11.0 Å². The van der Waals surface area contributed by atoms with E-state index in [1.807, 2.05) is 0 Å². The van der Waals surface area contributed by atoms with Crippen molar-refractivity contribution in [2.45, 2.75) is 6.18 Å². The molecule has 1 aromatic heterocycles. The fraction of sp³-hybridized carbons (Fsp3) is 0.0909. The summed E-state index contributed by atoms with van der Waals surface area (Å²) in [6, 6.07) is 5.61. The number of halogens is 6. The van der Waals surface area contributed by atoms with E-state index in [1.54, 1.807) is 0 Å². The van der Waals surface area contributed by atoms with Gasteiger partial charge in [-0.2, -0.15) is 13.2 Å². The number of alkyl halides is 3. The van der Waals surface area contributed by atoms with Crippen molar-refractivity contribution in [3.63, 3.8) is 0 Å². The monoisotopic (exact) mass is 341 g/mol. The Kier molecular flexibility index (Phi) is 4.27. The predicted molar refractivity (Wildman–Crippen MR) is 71.8 cm³/mol. The normalized spacial score (nSPS) is 11.5. The molecule has 0 spiro atoms. The third kappa shape index (κ3) is 3.88. The van der Waals surface area contributed by atoms with Crippen LogP contribution in [0.25, 0.3) is 0 Å². The standard InChI is InChI=1S/C11H5Cl3F3N3/c12-5-1-6(13)3-7(2-5)18-9-4-8(14)19-10(20-9)11(15,16)17/h1-4H,(H,18,19,20). The Balaban J connectivity index is 2.36. The van der Waals surface area contributed by atoms with Gasteiger partial charge in [0.25, 0.3) is 0 Å². The van der Waals surface area contributed by atoms with Crippen LogP contribution in [0.15, 0.2) is 24.3 Å². The molecule has 1 N–H and O–H groups in total. The van der Waals surface area contributed by atoms with Crippen molar-refractivity contribution < 1.29 is 13.2 Å². The van der Waals surface area contributed by atoms with Gasteiger partial charge in [0.15, 0.2) is 0 Å². The Labute approximate surface area is 126 Å². The highest BCUT2D eigenvalue weighted by Crippen LogP contribution is 2.30. The number of nitrogens with one attached hydrogen (secondary N) is 1. The molecule has 0 aliphatic rings. The molecule has 0 fully saturated rings. The van der Waals surface area contributed by atoms with Crippen LogP contribution in [0.3, 0.4) is 0 Å². The second-order valence-corrected chi connectivity index (χ2v) is 4.94. The van der Waals surface area contributed by atoms with Crippen molar-refractivity contribution in [1.82, 2.24) is 9.97 Å². The predicted octanol–water partition coefficient (Wildman–Crippen LogP) is 5.20. The first-order valence-corrected chi connectivity index (χ1v) is 6.22. The van der Waals surface area contributed by atoms with Crippen molar-refractivity contribution in [3.05, 3.63) is 45.3 Å². The maximum atomic E-state index is 12.6. The summed E-state index contributed by atoms with van der Waals surface area (Å²) in [4.78, 5) is 6.46. The number of benzene rings is 1. The topological polar surface area (TPSA) is 37.8 Å². The summed E-state index contributed by atoms with van der Waals surface area (Å²) in [6.07, 6.45) is -4.69. The average molecular weight is 343 g/mol. The third-order valence-corrected chi connectivity index (χ3v) is 2.71. The first-order valence-electron chi connectivity index (χ1n) is 5.09. The quantitative estimate of drug-likeness (QED) is 0.762. The van der Waals surface area contributed by atoms with Crippen molar-refractivity contribution >= 4 is 46.3 Å². The summed E-state index contributed by atoms with van der Waals surface area (Å²) in [6.45, 7) is 0. The van der Waals surface area contributed by atoms with Gasteiger partial charge in [-0.25, -0.2) is 9.97 Å². The highest BCUT2D eigenvalue weighted by Gasteiger charge is 2.35. The van der Waals surface area contributed by atoms with Crippen LogP contribution in [0.2, 0.25) is 15.2 Å². The van der Waals surface area contributed by atoms with Gasteiger partial charge < -0.3 is 5.32 Å². The fourth-order valence-electron chi connectivity index (χ4n) is 1.38. The summed E-state index contributed by atoms with van der Waals surface area (Å²) >= 11 is 17.1. The summed E-state index contributed by atoms with van der Waals surface area (Å²) in [5.74, 6) is -1.45.